The molecule has 6 heteroatoms. The lowest BCUT2D eigenvalue weighted by Gasteiger charge is -2.23. The smallest absolute Gasteiger partial charge is 0.240 e. The third kappa shape index (κ3) is 5.39. The summed E-state index contributed by atoms with van der Waals surface area (Å²) in [5.41, 5.74) is 0.592. The van der Waals surface area contributed by atoms with E-state index in [1.54, 1.807) is 19.1 Å². The van der Waals surface area contributed by atoms with E-state index in [1.807, 2.05) is 7.05 Å². The van der Waals surface area contributed by atoms with Crippen molar-refractivity contribution >= 4 is 10.0 Å². The Kier molecular flexibility index (Phi) is 6.80. The number of benzene rings is 1. The zero-order chi connectivity index (χ0) is 16.0. The lowest BCUT2D eigenvalue weighted by molar-refractivity contribution is 0.199. The Hall–Kier alpha value is -0.950. The average molecular weight is 314 g/mol. The van der Waals surface area contributed by atoms with Gasteiger partial charge in [-0.05, 0) is 45.0 Å². The van der Waals surface area contributed by atoms with Gasteiger partial charge in [-0.2, -0.15) is 0 Å². The highest BCUT2D eigenvalue weighted by Crippen LogP contribution is 2.16. The van der Waals surface area contributed by atoms with E-state index in [0.717, 1.165) is 6.42 Å². The lowest BCUT2D eigenvalue weighted by Crippen LogP contribution is -2.37. The molecule has 1 rings (SSSR count). The van der Waals surface area contributed by atoms with E-state index in [4.69, 9.17) is 0 Å². The summed E-state index contributed by atoms with van der Waals surface area (Å²) < 4.78 is 27.0. The van der Waals surface area contributed by atoms with E-state index in [2.05, 4.69) is 23.5 Å². The normalized spacial score (nSPS) is 15.1. The third-order valence-electron chi connectivity index (χ3n) is 3.75. The number of hydrogen-bond donors (Lipinski definition) is 2. The van der Waals surface area contributed by atoms with Gasteiger partial charge in [0.2, 0.25) is 10.0 Å². The summed E-state index contributed by atoms with van der Waals surface area (Å²) in [6, 6.07) is 6.81. The minimum atomic E-state index is -3.53. The Morgan fingerprint density at radius 2 is 2.00 bits per heavy atom. The van der Waals surface area contributed by atoms with Gasteiger partial charge >= 0.3 is 0 Å². The van der Waals surface area contributed by atoms with Crippen molar-refractivity contribution in [2.45, 2.75) is 44.2 Å². The second-order valence-electron chi connectivity index (χ2n) is 5.38. The average Bonchev–Trinajstić information content (AvgIpc) is 2.46. The summed E-state index contributed by atoms with van der Waals surface area (Å²) in [6.45, 7) is 6.85. The molecule has 0 aromatic heterocycles. The van der Waals surface area contributed by atoms with Crippen LogP contribution in [-0.4, -0.2) is 44.6 Å². The maximum atomic E-state index is 12.2. The van der Waals surface area contributed by atoms with Crippen molar-refractivity contribution in [1.82, 2.24) is 9.62 Å². The van der Waals surface area contributed by atoms with Gasteiger partial charge in [0.15, 0.2) is 0 Å². The molecule has 120 valence electrons. The minimum absolute atomic E-state index is 0.187. The molecule has 0 saturated heterocycles. The van der Waals surface area contributed by atoms with Crippen molar-refractivity contribution < 1.29 is 13.5 Å². The predicted molar refractivity (Wildman–Crippen MR) is 84.6 cm³/mol. The summed E-state index contributed by atoms with van der Waals surface area (Å²) in [4.78, 5) is 2.31. The van der Waals surface area contributed by atoms with Gasteiger partial charge in [0, 0.05) is 19.1 Å². The molecule has 1 aromatic carbocycles. The molecule has 0 amide bonds. The van der Waals surface area contributed by atoms with Crippen LogP contribution in [0.4, 0.5) is 0 Å². The van der Waals surface area contributed by atoms with E-state index < -0.39 is 16.1 Å². The first-order valence-electron chi connectivity index (χ1n) is 7.26. The maximum Gasteiger partial charge on any atom is 0.240 e. The van der Waals surface area contributed by atoms with Crippen molar-refractivity contribution in [2.24, 2.45) is 0 Å². The largest absolute Gasteiger partial charge is 0.389 e. The monoisotopic (exact) mass is 314 g/mol. The topological polar surface area (TPSA) is 69.6 Å². The molecule has 0 spiro atoms. The van der Waals surface area contributed by atoms with E-state index in [0.29, 0.717) is 24.7 Å². The van der Waals surface area contributed by atoms with Crippen LogP contribution >= 0.6 is 0 Å². The van der Waals surface area contributed by atoms with Gasteiger partial charge in [-0.25, -0.2) is 13.1 Å². The summed E-state index contributed by atoms with van der Waals surface area (Å²) >= 11 is 0. The van der Waals surface area contributed by atoms with Crippen molar-refractivity contribution in [1.29, 1.82) is 0 Å². The molecule has 1 aromatic rings. The molecule has 2 N–H and O–H groups in total. The summed E-state index contributed by atoms with van der Waals surface area (Å²) in [5, 5.41) is 9.53. The van der Waals surface area contributed by atoms with E-state index in [9.17, 15) is 13.5 Å². The highest BCUT2D eigenvalue weighted by atomic mass is 32.2. The SMILES string of the molecule is CCC(C)N(C)CCNS(=O)(=O)c1cccc(C(C)O)c1. The number of sulfonamides is 1. The molecule has 0 aliphatic rings. The van der Waals surface area contributed by atoms with E-state index in [-0.39, 0.29) is 4.90 Å². The number of aliphatic hydroxyl groups is 1. The van der Waals surface area contributed by atoms with Crippen LogP contribution in [0.2, 0.25) is 0 Å². The summed E-state index contributed by atoms with van der Waals surface area (Å²) in [5.74, 6) is 0. The van der Waals surface area contributed by atoms with Crippen molar-refractivity contribution in [3.63, 3.8) is 0 Å². The van der Waals surface area contributed by atoms with Crippen LogP contribution in [0.3, 0.4) is 0 Å². The summed E-state index contributed by atoms with van der Waals surface area (Å²) in [7, 11) is -1.55. The van der Waals surface area contributed by atoms with Gasteiger partial charge in [-0.1, -0.05) is 19.1 Å². The van der Waals surface area contributed by atoms with Crippen LogP contribution in [0.1, 0.15) is 38.9 Å². The molecule has 0 bridgehead atoms. The van der Waals surface area contributed by atoms with Gasteiger partial charge in [-0.15, -0.1) is 0 Å². The Morgan fingerprint density at radius 1 is 1.33 bits per heavy atom. The quantitative estimate of drug-likeness (QED) is 0.767. The fraction of sp³-hybridized carbons (Fsp3) is 0.600. The zero-order valence-corrected chi connectivity index (χ0v) is 14.0. The molecule has 0 radical (unpaired) electrons. The van der Waals surface area contributed by atoms with Crippen LogP contribution in [0, 0.1) is 0 Å². The van der Waals surface area contributed by atoms with Gasteiger partial charge < -0.3 is 10.0 Å². The maximum absolute atomic E-state index is 12.2. The first-order valence-corrected chi connectivity index (χ1v) is 8.74. The number of rotatable bonds is 8. The van der Waals surface area contributed by atoms with Crippen LogP contribution in [0.5, 0.6) is 0 Å². The Morgan fingerprint density at radius 3 is 2.57 bits per heavy atom. The number of aliphatic hydroxyl groups excluding tert-OH is 1. The number of nitrogens with zero attached hydrogens (tertiary/aromatic N) is 1. The fourth-order valence-electron chi connectivity index (χ4n) is 1.91. The lowest BCUT2D eigenvalue weighted by atomic mass is 10.1. The zero-order valence-electron chi connectivity index (χ0n) is 13.2. The van der Waals surface area contributed by atoms with Crippen molar-refractivity contribution in [2.75, 3.05) is 20.1 Å². The molecule has 2 atom stereocenters. The molecule has 5 nitrogen and oxygen atoms in total. The van der Waals surface area contributed by atoms with Gasteiger partial charge in [0.05, 0.1) is 11.0 Å². The molecule has 0 aliphatic heterocycles. The Labute approximate surface area is 128 Å². The molecule has 2 unspecified atom stereocenters. The van der Waals surface area contributed by atoms with Gasteiger partial charge in [-0.3, -0.25) is 0 Å². The second kappa shape index (κ2) is 7.89. The van der Waals surface area contributed by atoms with Crippen LogP contribution in [0.15, 0.2) is 29.2 Å². The second-order valence-corrected chi connectivity index (χ2v) is 7.15. The Bertz CT molecular complexity index is 544. The Balaban J connectivity index is 2.68. The molecule has 0 aliphatic carbocycles. The van der Waals surface area contributed by atoms with Crippen LogP contribution in [0.25, 0.3) is 0 Å². The highest BCUT2D eigenvalue weighted by Gasteiger charge is 2.15. The van der Waals surface area contributed by atoms with Gasteiger partial charge in [0.25, 0.3) is 0 Å². The highest BCUT2D eigenvalue weighted by molar-refractivity contribution is 7.89. The molecular formula is C15H26N2O3S. The number of hydrogen-bond acceptors (Lipinski definition) is 4. The third-order valence-corrected chi connectivity index (χ3v) is 5.21. The minimum Gasteiger partial charge on any atom is -0.389 e. The molecular weight excluding hydrogens is 288 g/mol. The van der Waals surface area contributed by atoms with E-state index >= 15 is 0 Å². The van der Waals surface area contributed by atoms with Crippen LogP contribution < -0.4 is 4.72 Å². The summed E-state index contributed by atoms with van der Waals surface area (Å²) in [6.07, 6.45) is 0.344. The standard InChI is InChI=1S/C15H26N2O3S/c1-5-12(2)17(4)10-9-16-21(19,20)15-8-6-7-14(11-15)13(3)18/h6-8,11-13,16,18H,5,9-10H2,1-4H3. The predicted octanol–water partition coefficient (Wildman–Crippen LogP) is 1.75. The van der Waals surface area contributed by atoms with Crippen LogP contribution in [-0.2, 0) is 10.0 Å². The van der Waals surface area contributed by atoms with Gasteiger partial charge in [0.1, 0.15) is 0 Å². The van der Waals surface area contributed by atoms with Crippen molar-refractivity contribution in [3.05, 3.63) is 29.8 Å². The fourth-order valence-corrected chi connectivity index (χ4v) is 2.99. The van der Waals surface area contributed by atoms with E-state index in [1.165, 1.54) is 12.1 Å². The molecule has 0 fully saturated rings. The number of likely N-dealkylation sites (N-methyl/N-ethyl adjacent to an activating group) is 1. The first-order chi connectivity index (χ1) is 9.77. The molecule has 0 saturated carbocycles. The van der Waals surface area contributed by atoms with Crippen molar-refractivity contribution in [3.8, 4) is 0 Å². The molecule has 21 heavy (non-hydrogen) atoms. The number of nitrogens with one attached hydrogen (secondary N) is 1. The molecule has 0 heterocycles. The first kappa shape index (κ1) is 18.1.